The summed E-state index contributed by atoms with van der Waals surface area (Å²) in [6.07, 6.45) is 4.88. The topological polar surface area (TPSA) is 49.3 Å². The molecule has 0 aromatic heterocycles. The molecular formula is C11H19NO2. The summed E-state index contributed by atoms with van der Waals surface area (Å²) in [5.74, 6) is -0.718. The Morgan fingerprint density at radius 2 is 2.29 bits per heavy atom. The van der Waals surface area contributed by atoms with E-state index in [-0.39, 0.29) is 6.04 Å². The number of hydrogen-bond donors (Lipinski definition) is 2. The van der Waals surface area contributed by atoms with Crippen molar-refractivity contribution in [2.45, 2.75) is 51.1 Å². The summed E-state index contributed by atoms with van der Waals surface area (Å²) in [7, 11) is 0. The second-order valence-electron chi connectivity index (χ2n) is 4.18. The molecule has 0 radical (unpaired) electrons. The van der Waals surface area contributed by atoms with Crippen molar-refractivity contribution in [3.8, 4) is 0 Å². The van der Waals surface area contributed by atoms with E-state index in [1.165, 1.54) is 5.57 Å². The third-order valence-electron chi connectivity index (χ3n) is 2.70. The molecule has 3 heteroatoms. The minimum atomic E-state index is -0.718. The van der Waals surface area contributed by atoms with Gasteiger partial charge in [-0.05, 0) is 39.0 Å². The second-order valence-corrected chi connectivity index (χ2v) is 4.18. The van der Waals surface area contributed by atoms with Gasteiger partial charge in [-0.2, -0.15) is 0 Å². The number of aliphatic carboxylic acids is 1. The summed E-state index contributed by atoms with van der Waals surface area (Å²) in [6, 6.07) is 0.0282. The third kappa shape index (κ3) is 3.50. The molecule has 0 aromatic carbocycles. The lowest BCUT2D eigenvalue weighted by molar-refractivity contribution is -0.140. The summed E-state index contributed by atoms with van der Waals surface area (Å²) < 4.78 is 0. The maximum Gasteiger partial charge on any atom is 0.320 e. The van der Waals surface area contributed by atoms with Crippen LogP contribution in [0.15, 0.2) is 12.2 Å². The smallest absolute Gasteiger partial charge is 0.320 e. The van der Waals surface area contributed by atoms with Gasteiger partial charge in [-0.25, -0.2) is 0 Å². The van der Waals surface area contributed by atoms with Gasteiger partial charge in [-0.15, -0.1) is 6.58 Å². The van der Waals surface area contributed by atoms with Crippen LogP contribution >= 0.6 is 0 Å². The van der Waals surface area contributed by atoms with Crippen LogP contribution in [0.4, 0.5) is 0 Å². The summed E-state index contributed by atoms with van der Waals surface area (Å²) >= 11 is 0. The Hall–Kier alpha value is -0.830. The van der Waals surface area contributed by atoms with Crippen LogP contribution in [0.3, 0.4) is 0 Å². The van der Waals surface area contributed by atoms with Crippen molar-refractivity contribution in [2.24, 2.45) is 0 Å². The number of allylic oxidation sites excluding steroid dienone is 1. The predicted molar refractivity (Wildman–Crippen MR) is 56.2 cm³/mol. The summed E-state index contributed by atoms with van der Waals surface area (Å²) in [4.78, 5) is 10.8. The van der Waals surface area contributed by atoms with Gasteiger partial charge in [0.25, 0.3) is 0 Å². The largest absolute Gasteiger partial charge is 0.480 e. The number of nitrogens with one attached hydrogen (secondary N) is 1. The van der Waals surface area contributed by atoms with Crippen LogP contribution in [-0.2, 0) is 4.79 Å². The van der Waals surface area contributed by atoms with Gasteiger partial charge in [0.15, 0.2) is 0 Å². The molecule has 80 valence electrons. The Labute approximate surface area is 85.2 Å². The van der Waals surface area contributed by atoms with Gasteiger partial charge < -0.3 is 10.4 Å². The Morgan fingerprint density at radius 1 is 1.57 bits per heavy atom. The van der Waals surface area contributed by atoms with Gasteiger partial charge in [0.05, 0.1) is 0 Å². The van der Waals surface area contributed by atoms with Crippen LogP contribution in [0, 0.1) is 0 Å². The van der Waals surface area contributed by atoms with Crippen molar-refractivity contribution in [3.05, 3.63) is 12.2 Å². The molecule has 2 unspecified atom stereocenters. The van der Waals surface area contributed by atoms with E-state index in [4.69, 9.17) is 5.11 Å². The van der Waals surface area contributed by atoms with E-state index in [0.717, 1.165) is 32.1 Å². The van der Waals surface area contributed by atoms with Crippen LogP contribution < -0.4 is 5.32 Å². The number of carboxylic acids is 1. The highest BCUT2D eigenvalue weighted by atomic mass is 16.4. The molecule has 1 aliphatic rings. The first-order valence-electron chi connectivity index (χ1n) is 5.23. The third-order valence-corrected chi connectivity index (χ3v) is 2.70. The zero-order chi connectivity index (χ0) is 10.6. The van der Waals surface area contributed by atoms with Crippen molar-refractivity contribution in [1.29, 1.82) is 0 Å². The Morgan fingerprint density at radius 3 is 2.86 bits per heavy atom. The van der Waals surface area contributed by atoms with Crippen molar-refractivity contribution >= 4 is 5.97 Å². The lowest BCUT2D eigenvalue weighted by Gasteiger charge is -2.28. The molecule has 2 N–H and O–H groups in total. The molecule has 0 bridgehead atoms. The average Bonchev–Trinajstić information content (AvgIpc) is 2.15. The van der Waals surface area contributed by atoms with E-state index in [0.29, 0.717) is 6.04 Å². The van der Waals surface area contributed by atoms with Crippen LogP contribution in [-0.4, -0.2) is 23.2 Å². The molecule has 2 atom stereocenters. The Kier molecular flexibility index (Phi) is 4.14. The van der Waals surface area contributed by atoms with Crippen LogP contribution in [0.1, 0.15) is 39.0 Å². The standard InChI is InChI=1S/C11H19NO2/c1-8(2)6-7-9-4-3-5-10(12-9)11(13)14/h9-10,12H,1,3-7H2,2H3,(H,13,14). The van der Waals surface area contributed by atoms with Gasteiger partial charge in [0.2, 0.25) is 0 Å². The minimum Gasteiger partial charge on any atom is -0.480 e. The molecule has 0 spiro atoms. The maximum absolute atomic E-state index is 10.8. The van der Waals surface area contributed by atoms with Gasteiger partial charge in [0, 0.05) is 6.04 Å². The number of rotatable bonds is 4. The Bertz CT molecular complexity index is 225. The molecule has 0 saturated carbocycles. The van der Waals surface area contributed by atoms with Crippen LogP contribution in [0.5, 0.6) is 0 Å². The fraction of sp³-hybridized carbons (Fsp3) is 0.727. The van der Waals surface area contributed by atoms with E-state index < -0.39 is 5.97 Å². The average molecular weight is 197 g/mol. The van der Waals surface area contributed by atoms with E-state index in [1.807, 2.05) is 6.92 Å². The molecule has 0 amide bonds. The quantitative estimate of drug-likeness (QED) is 0.677. The molecule has 14 heavy (non-hydrogen) atoms. The molecule has 0 aliphatic carbocycles. The van der Waals surface area contributed by atoms with Gasteiger partial charge in [-0.1, -0.05) is 5.57 Å². The summed E-state index contributed by atoms with van der Waals surface area (Å²) in [5.41, 5.74) is 1.17. The number of piperidine rings is 1. The highest BCUT2D eigenvalue weighted by Gasteiger charge is 2.25. The van der Waals surface area contributed by atoms with Gasteiger partial charge >= 0.3 is 5.97 Å². The zero-order valence-electron chi connectivity index (χ0n) is 8.75. The first-order valence-corrected chi connectivity index (χ1v) is 5.23. The molecule has 1 aliphatic heterocycles. The van der Waals surface area contributed by atoms with Crippen LogP contribution in [0.2, 0.25) is 0 Å². The van der Waals surface area contributed by atoms with Gasteiger partial charge in [-0.3, -0.25) is 4.79 Å². The molecule has 3 nitrogen and oxygen atoms in total. The molecular weight excluding hydrogens is 178 g/mol. The monoisotopic (exact) mass is 197 g/mol. The van der Waals surface area contributed by atoms with Crippen molar-refractivity contribution in [1.82, 2.24) is 5.32 Å². The van der Waals surface area contributed by atoms with Gasteiger partial charge in [0.1, 0.15) is 6.04 Å². The van der Waals surface area contributed by atoms with E-state index in [9.17, 15) is 4.79 Å². The lowest BCUT2D eigenvalue weighted by Crippen LogP contribution is -2.46. The zero-order valence-corrected chi connectivity index (χ0v) is 8.75. The van der Waals surface area contributed by atoms with Crippen molar-refractivity contribution in [2.75, 3.05) is 0 Å². The van der Waals surface area contributed by atoms with E-state index in [2.05, 4.69) is 11.9 Å². The summed E-state index contributed by atoms with van der Waals surface area (Å²) in [5, 5.41) is 12.0. The van der Waals surface area contributed by atoms with Crippen molar-refractivity contribution < 1.29 is 9.90 Å². The minimum absolute atomic E-state index is 0.334. The van der Waals surface area contributed by atoms with E-state index in [1.54, 1.807) is 0 Å². The molecule has 0 aromatic rings. The fourth-order valence-electron chi connectivity index (χ4n) is 1.86. The Balaban J connectivity index is 2.32. The fourth-order valence-corrected chi connectivity index (χ4v) is 1.86. The molecule has 1 fully saturated rings. The highest BCUT2D eigenvalue weighted by molar-refractivity contribution is 5.73. The molecule has 1 rings (SSSR count). The number of carboxylic acid groups (broad SMARTS) is 1. The molecule has 1 heterocycles. The SMILES string of the molecule is C=C(C)CCC1CCCC(C(=O)O)N1. The first-order chi connectivity index (χ1) is 6.59. The number of carbonyl (C=O) groups is 1. The number of hydrogen-bond acceptors (Lipinski definition) is 2. The predicted octanol–water partition coefficient (Wildman–Crippen LogP) is 1.94. The maximum atomic E-state index is 10.8. The summed E-state index contributed by atoms with van der Waals surface area (Å²) in [6.45, 7) is 5.86. The van der Waals surface area contributed by atoms with Crippen molar-refractivity contribution in [3.63, 3.8) is 0 Å². The lowest BCUT2D eigenvalue weighted by atomic mass is 9.94. The van der Waals surface area contributed by atoms with E-state index >= 15 is 0 Å². The normalized spacial score (nSPS) is 27.2. The second kappa shape index (κ2) is 5.15. The highest BCUT2D eigenvalue weighted by Crippen LogP contribution is 2.17. The molecule has 1 saturated heterocycles. The van der Waals surface area contributed by atoms with Crippen LogP contribution in [0.25, 0.3) is 0 Å². The first kappa shape index (κ1) is 11.2.